The molecule has 0 saturated heterocycles. The molecule has 0 amide bonds. The number of nitrogens with one attached hydrogen (secondary N) is 1. The summed E-state index contributed by atoms with van der Waals surface area (Å²) < 4.78 is 1.17. The zero-order valence-corrected chi connectivity index (χ0v) is 19.7. The third-order valence-electron chi connectivity index (χ3n) is 6.14. The number of hydrogen-bond acceptors (Lipinski definition) is 5. The smallest absolute Gasteiger partial charge is 0.131 e. The molecule has 2 atom stereocenters. The number of hydrogen-bond donors (Lipinski definition) is 2. The maximum atomic E-state index is 6.72. The molecule has 5 rings (SSSR count). The van der Waals surface area contributed by atoms with Crippen molar-refractivity contribution in [1.82, 2.24) is 4.98 Å². The third kappa shape index (κ3) is 4.37. The predicted octanol–water partition coefficient (Wildman–Crippen LogP) is 7.67. The highest BCUT2D eigenvalue weighted by atomic mass is 35.5. The van der Waals surface area contributed by atoms with E-state index in [1.807, 2.05) is 17.4 Å². The van der Waals surface area contributed by atoms with E-state index >= 15 is 0 Å². The van der Waals surface area contributed by atoms with Crippen molar-refractivity contribution in [2.45, 2.75) is 50.6 Å². The fraction of sp³-hybridized carbons (Fsp3) is 0.320. The number of anilines is 1. The van der Waals surface area contributed by atoms with Gasteiger partial charge in [-0.2, -0.15) is 0 Å². The van der Waals surface area contributed by atoms with Crippen LogP contribution in [0.2, 0.25) is 5.15 Å². The van der Waals surface area contributed by atoms with Gasteiger partial charge in [0.1, 0.15) is 5.15 Å². The molecule has 3 heterocycles. The highest BCUT2D eigenvalue weighted by Gasteiger charge is 2.29. The number of aromatic nitrogens is 1. The zero-order valence-electron chi connectivity index (χ0n) is 17.3. The molecule has 0 bridgehead atoms. The molecule has 1 fully saturated rings. The standard InChI is InChI=1S/C25H26ClN3S2/c26-21-14-20(28-15-17-10-7-13-30-17)25-23(29-21)22(16-8-3-1-4-9-16)24(31-25)18-11-5-2-6-12-19(18)27/h1,3-4,7-10,13-14,18-19H,2,5-6,11-12,15,27H2,(H,28,29)/t18-,19-/m1/s1. The van der Waals surface area contributed by atoms with Gasteiger partial charge < -0.3 is 11.1 Å². The quantitative estimate of drug-likeness (QED) is 0.234. The summed E-state index contributed by atoms with van der Waals surface area (Å²) in [5, 5.41) is 6.24. The second-order valence-electron chi connectivity index (χ2n) is 8.22. The number of pyridine rings is 1. The lowest BCUT2D eigenvalue weighted by molar-refractivity contribution is 0.512. The summed E-state index contributed by atoms with van der Waals surface area (Å²) in [4.78, 5) is 7.48. The topological polar surface area (TPSA) is 50.9 Å². The number of halogens is 1. The van der Waals surface area contributed by atoms with E-state index in [9.17, 15) is 0 Å². The summed E-state index contributed by atoms with van der Waals surface area (Å²) in [5.74, 6) is 0.362. The van der Waals surface area contributed by atoms with Gasteiger partial charge in [0.2, 0.25) is 0 Å². The Balaban J connectivity index is 1.66. The first kappa shape index (κ1) is 21.0. The molecular weight excluding hydrogens is 442 g/mol. The average molecular weight is 468 g/mol. The van der Waals surface area contributed by atoms with E-state index in [4.69, 9.17) is 22.3 Å². The van der Waals surface area contributed by atoms with Crippen LogP contribution in [-0.2, 0) is 6.54 Å². The normalized spacial score (nSPS) is 19.4. The molecule has 4 aromatic rings. The van der Waals surface area contributed by atoms with Crippen LogP contribution in [0.1, 0.15) is 47.8 Å². The summed E-state index contributed by atoms with van der Waals surface area (Å²) in [6, 6.07) is 17.0. The van der Waals surface area contributed by atoms with Crippen molar-refractivity contribution in [2.75, 3.05) is 5.32 Å². The Morgan fingerprint density at radius 1 is 1.06 bits per heavy atom. The zero-order chi connectivity index (χ0) is 21.2. The lowest BCUT2D eigenvalue weighted by Crippen LogP contribution is -2.27. The van der Waals surface area contributed by atoms with Gasteiger partial charge in [-0.3, -0.25) is 0 Å². The molecule has 1 aromatic carbocycles. The van der Waals surface area contributed by atoms with Crippen LogP contribution in [0.15, 0.2) is 53.9 Å². The van der Waals surface area contributed by atoms with Gasteiger partial charge in [-0.25, -0.2) is 4.98 Å². The Bertz CT molecular complexity index is 1150. The lowest BCUT2D eigenvalue weighted by atomic mass is 9.89. The Labute approximate surface area is 196 Å². The molecule has 0 spiro atoms. The van der Waals surface area contributed by atoms with Gasteiger partial charge in [-0.1, -0.05) is 67.3 Å². The number of benzene rings is 1. The largest absolute Gasteiger partial charge is 0.379 e. The molecule has 31 heavy (non-hydrogen) atoms. The van der Waals surface area contributed by atoms with Gasteiger partial charge in [0.15, 0.2) is 0 Å². The molecule has 0 aliphatic heterocycles. The molecule has 3 aromatic heterocycles. The first-order valence-corrected chi connectivity index (χ1v) is 13.0. The fourth-order valence-electron chi connectivity index (χ4n) is 4.59. The molecule has 1 saturated carbocycles. The molecule has 1 aliphatic carbocycles. The Morgan fingerprint density at radius 3 is 2.71 bits per heavy atom. The number of rotatable bonds is 5. The van der Waals surface area contributed by atoms with Crippen molar-refractivity contribution >= 4 is 50.2 Å². The van der Waals surface area contributed by atoms with E-state index in [1.54, 1.807) is 11.3 Å². The molecule has 1 aliphatic rings. The first-order valence-electron chi connectivity index (χ1n) is 10.9. The van der Waals surface area contributed by atoms with E-state index < -0.39 is 0 Å². The van der Waals surface area contributed by atoms with Crippen molar-refractivity contribution in [3.8, 4) is 11.1 Å². The van der Waals surface area contributed by atoms with Crippen LogP contribution >= 0.6 is 34.3 Å². The summed E-state index contributed by atoms with van der Waals surface area (Å²) in [5.41, 5.74) is 11.2. The Hall–Kier alpha value is -1.92. The van der Waals surface area contributed by atoms with Crippen LogP contribution in [0.5, 0.6) is 0 Å². The molecule has 3 nitrogen and oxygen atoms in total. The van der Waals surface area contributed by atoms with Gasteiger partial charge in [0.25, 0.3) is 0 Å². The van der Waals surface area contributed by atoms with Crippen molar-refractivity contribution in [3.05, 3.63) is 68.8 Å². The molecule has 6 heteroatoms. The first-order chi connectivity index (χ1) is 15.2. The summed E-state index contributed by atoms with van der Waals surface area (Å²) in [6.45, 7) is 0.782. The third-order valence-corrected chi connectivity index (χ3v) is 8.55. The van der Waals surface area contributed by atoms with Gasteiger partial charge >= 0.3 is 0 Å². The van der Waals surface area contributed by atoms with Crippen molar-refractivity contribution in [3.63, 3.8) is 0 Å². The monoisotopic (exact) mass is 467 g/mol. The number of thiophene rings is 2. The van der Waals surface area contributed by atoms with Crippen LogP contribution in [0, 0.1) is 0 Å². The van der Waals surface area contributed by atoms with Crippen molar-refractivity contribution in [2.24, 2.45) is 5.73 Å². The van der Waals surface area contributed by atoms with Crippen LogP contribution in [0.25, 0.3) is 21.3 Å². The number of fused-ring (bicyclic) bond motifs is 1. The highest BCUT2D eigenvalue weighted by molar-refractivity contribution is 7.20. The van der Waals surface area contributed by atoms with Gasteiger partial charge in [-0.05, 0) is 29.9 Å². The molecule has 0 unspecified atom stereocenters. The van der Waals surface area contributed by atoms with E-state index in [0.717, 1.165) is 30.6 Å². The van der Waals surface area contributed by atoms with Crippen LogP contribution in [-0.4, -0.2) is 11.0 Å². The molecular formula is C25H26ClN3S2. The summed E-state index contributed by atoms with van der Waals surface area (Å²) in [6.07, 6.45) is 5.96. The van der Waals surface area contributed by atoms with Crippen LogP contribution in [0.3, 0.4) is 0 Å². The molecule has 3 N–H and O–H groups in total. The molecule has 0 radical (unpaired) electrons. The minimum absolute atomic E-state index is 0.191. The summed E-state index contributed by atoms with van der Waals surface area (Å²) >= 11 is 10.1. The lowest BCUT2D eigenvalue weighted by Gasteiger charge is -2.21. The van der Waals surface area contributed by atoms with Gasteiger partial charge in [0.05, 0.1) is 15.9 Å². The van der Waals surface area contributed by atoms with E-state index in [-0.39, 0.29) is 6.04 Å². The minimum atomic E-state index is 0.191. The SMILES string of the molecule is N[C@@H]1CCCCC[C@H]1c1sc2c(NCc3cccs3)cc(Cl)nc2c1-c1ccccc1. The van der Waals surface area contributed by atoms with E-state index in [0.29, 0.717) is 11.1 Å². The van der Waals surface area contributed by atoms with Gasteiger partial charge in [0, 0.05) is 39.9 Å². The second kappa shape index (κ2) is 9.29. The predicted molar refractivity (Wildman–Crippen MR) is 136 cm³/mol. The van der Waals surface area contributed by atoms with Crippen molar-refractivity contribution < 1.29 is 0 Å². The summed E-state index contributed by atoms with van der Waals surface area (Å²) in [7, 11) is 0. The second-order valence-corrected chi connectivity index (χ2v) is 10.7. The Morgan fingerprint density at radius 2 is 1.90 bits per heavy atom. The Kier molecular flexibility index (Phi) is 6.28. The van der Waals surface area contributed by atoms with Crippen molar-refractivity contribution in [1.29, 1.82) is 0 Å². The van der Waals surface area contributed by atoms with Crippen LogP contribution < -0.4 is 11.1 Å². The average Bonchev–Trinajstić information content (AvgIpc) is 3.37. The maximum Gasteiger partial charge on any atom is 0.131 e. The number of nitrogens with zero attached hydrogens (tertiary/aromatic N) is 1. The number of nitrogens with two attached hydrogens (primary N) is 1. The molecule has 160 valence electrons. The fourth-order valence-corrected chi connectivity index (χ4v) is 6.89. The maximum absolute atomic E-state index is 6.72. The van der Waals surface area contributed by atoms with E-state index in [2.05, 4.69) is 53.2 Å². The van der Waals surface area contributed by atoms with E-state index in [1.165, 1.54) is 44.8 Å². The highest BCUT2D eigenvalue weighted by Crippen LogP contribution is 2.48. The van der Waals surface area contributed by atoms with Crippen LogP contribution in [0.4, 0.5) is 5.69 Å². The minimum Gasteiger partial charge on any atom is -0.379 e. The van der Waals surface area contributed by atoms with Gasteiger partial charge in [-0.15, -0.1) is 22.7 Å².